The van der Waals surface area contributed by atoms with E-state index in [2.05, 4.69) is 57.4 Å². The molecule has 0 radical (unpaired) electrons. The summed E-state index contributed by atoms with van der Waals surface area (Å²) in [5, 5.41) is 0. The Morgan fingerprint density at radius 1 is 1.26 bits per heavy atom. The van der Waals surface area contributed by atoms with Gasteiger partial charge in [-0.3, -0.25) is 0 Å². The Hall–Kier alpha value is -0.110. The molecular formula is C12H18Br2N2O2S. The smallest absolute Gasteiger partial charge is 0.243 e. The van der Waals surface area contributed by atoms with Gasteiger partial charge in [-0.05, 0) is 39.9 Å². The zero-order chi connectivity index (χ0) is 14.8. The minimum absolute atomic E-state index is 0.0744. The van der Waals surface area contributed by atoms with E-state index in [9.17, 15) is 8.42 Å². The maximum atomic E-state index is 12.2. The fourth-order valence-corrected chi connectivity index (χ4v) is 4.59. The molecule has 1 aromatic rings. The molecule has 1 aromatic carbocycles. The molecule has 0 aromatic heterocycles. The highest BCUT2D eigenvalue weighted by Gasteiger charge is 2.22. The molecule has 7 heteroatoms. The summed E-state index contributed by atoms with van der Waals surface area (Å²) < 4.78 is 28.2. The summed E-state index contributed by atoms with van der Waals surface area (Å²) in [6.07, 6.45) is 0.750. The van der Waals surface area contributed by atoms with Crippen molar-refractivity contribution in [1.82, 2.24) is 4.72 Å². The van der Waals surface area contributed by atoms with Gasteiger partial charge in [-0.1, -0.05) is 36.7 Å². The van der Waals surface area contributed by atoms with Crippen molar-refractivity contribution in [3.05, 3.63) is 21.1 Å². The first kappa shape index (κ1) is 16.9. The topological polar surface area (TPSA) is 72.2 Å². The molecule has 0 saturated heterocycles. The quantitative estimate of drug-likeness (QED) is 0.741. The van der Waals surface area contributed by atoms with Crippen LogP contribution in [0.15, 0.2) is 26.0 Å². The van der Waals surface area contributed by atoms with E-state index in [0.717, 1.165) is 10.9 Å². The molecular weight excluding hydrogens is 396 g/mol. The Bertz CT molecular complexity index is 543. The molecule has 4 nitrogen and oxygen atoms in total. The Morgan fingerprint density at radius 2 is 1.84 bits per heavy atom. The van der Waals surface area contributed by atoms with Gasteiger partial charge in [0.2, 0.25) is 10.0 Å². The van der Waals surface area contributed by atoms with Crippen LogP contribution in [-0.4, -0.2) is 15.0 Å². The minimum atomic E-state index is -3.60. The number of nitrogens with two attached hydrogens (primary N) is 1. The van der Waals surface area contributed by atoms with Crippen LogP contribution in [0.2, 0.25) is 0 Å². The number of rotatable bonds is 4. The lowest BCUT2D eigenvalue weighted by Crippen LogP contribution is -2.28. The third-order valence-corrected chi connectivity index (χ3v) is 5.40. The molecule has 0 unspecified atom stereocenters. The molecule has 0 heterocycles. The van der Waals surface area contributed by atoms with Crippen LogP contribution in [0.4, 0.5) is 5.69 Å². The van der Waals surface area contributed by atoms with Crippen molar-refractivity contribution in [3.8, 4) is 0 Å². The van der Waals surface area contributed by atoms with Gasteiger partial charge in [0, 0.05) is 15.5 Å². The summed E-state index contributed by atoms with van der Waals surface area (Å²) in [7, 11) is -3.60. The first-order valence-corrected chi connectivity index (χ1v) is 8.84. The number of benzene rings is 1. The molecule has 0 spiro atoms. The van der Waals surface area contributed by atoms with Gasteiger partial charge in [-0.15, -0.1) is 0 Å². The van der Waals surface area contributed by atoms with Gasteiger partial charge in [-0.2, -0.15) is 0 Å². The van der Waals surface area contributed by atoms with Crippen molar-refractivity contribution in [1.29, 1.82) is 0 Å². The number of nitrogen functional groups attached to an aromatic ring is 1. The number of anilines is 1. The molecule has 0 aliphatic carbocycles. The van der Waals surface area contributed by atoms with Crippen molar-refractivity contribution in [2.45, 2.75) is 32.1 Å². The number of nitrogens with one attached hydrogen (secondary N) is 1. The average Bonchev–Trinajstić information content (AvgIpc) is 2.11. The second kappa shape index (κ2) is 6.11. The van der Waals surface area contributed by atoms with Crippen molar-refractivity contribution in [2.75, 3.05) is 12.3 Å². The van der Waals surface area contributed by atoms with Crippen LogP contribution in [0, 0.1) is 5.41 Å². The monoisotopic (exact) mass is 412 g/mol. The van der Waals surface area contributed by atoms with Crippen LogP contribution in [0.25, 0.3) is 0 Å². The number of hydrogen-bond donors (Lipinski definition) is 2. The maximum Gasteiger partial charge on any atom is 0.243 e. The summed E-state index contributed by atoms with van der Waals surface area (Å²) >= 11 is 6.50. The Balaban J connectivity index is 2.96. The lowest BCUT2D eigenvalue weighted by molar-refractivity contribution is 0.378. The second-order valence-electron chi connectivity index (χ2n) is 5.51. The largest absolute Gasteiger partial charge is 0.398 e. The molecule has 19 heavy (non-hydrogen) atoms. The third kappa shape index (κ3) is 5.06. The van der Waals surface area contributed by atoms with Crippen LogP contribution in [-0.2, 0) is 10.0 Å². The molecule has 0 bridgehead atoms. The van der Waals surface area contributed by atoms with E-state index in [1.54, 1.807) is 12.1 Å². The van der Waals surface area contributed by atoms with E-state index < -0.39 is 10.0 Å². The lowest BCUT2D eigenvalue weighted by atomic mass is 9.93. The highest BCUT2D eigenvalue weighted by Crippen LogP contribution is 2.31. The molecule has 3 N–H and O–H groups in total. The molecule has 0 saturated carbocycles. The van der Waals surface area contributed by atoms with Crippen LogP contribution in [0.1, 0.15) is 27.2 Å². The van der Waals surface area contributed by atoms with Crippen LogP contribution >= 0.6 is 31.9 Å². The van der Waals surface area contributed by atoms with Gasteiger partial charge in [-0.25, -0.2) is 13.1 Å². The molecule has 0 fully saturated rings. The maximum absolute atomic E-state index is 12.2. The molecule has 108 valence electrons. The van der Waals surface area contributed by atoms with Gasteiger partial charge < -0.3 is 5.73 Å². The highest BCUT2D eigenvalue weighted by atomic mass is 79.9. The Labute approximate surface area is 131 Å². The summed E-state index contributed by atoms with van der Waals surface area (Å²) in [6.45, 7) is 6.56. The van der Waals surface area contributed by atoms with Gasteiger partial charge in [0.05, 0.1) is 5.69 Å². The van der Waals surface area contributed by atoms with Crippen molar-refractivity contribution < 1.29 is 8.42 Å². The van der Waals surface area contributed by atoms with Crippen molar-refractivity contribution in [3.63, 3.8) is 0 Å². The predicted octanol–water partition coefficient (Wildman–Crippen LogP) is 3.51. The lowest BCUT2D eigenvalue weighted by Gasteiger charge is -2.18. The summed E-state index contributed by atoms with van der Waals surface area (Å²) in [4.78, 5) is 0.0876. The second-order valence-corrected chi connectivity index (χ2v) is 8.99. The van der Waals surface area contributed by atoms with Gasteiger partial charge in [0.15, 0.2) is 0 Å². The van der Waals surface area contributed by atoms with Crippen molar-refractivity contribution >= 4 is 47.6 Å². The minimum Gasteiger partial charge on any atom is -0.398 e. The van der Waals surface area contributed by atoms with Crippen LogP contribution in [0.3, 0.4) is 0 Å². The van der Waals surface area contributed by atoms with Gasteiger partial charge in [0.1, 0.15) is 4.90 Å². The van der Waals surface area contributed by atoms with Gasteiger partial charge in [0.25, 0.3) is 0 Å². The van der Waals surface area contributed by atoms with E-state index in [4.69, 9.17) is 5.73 Å². The zero-order valence-corrected chi connectivity index (χ0v) is 15.1. The fraction of sp³-hybridized carbons (Fsp3) is 0.500. The molecule has 0 atom stereocenters. The van der Waals surface area contributed by atoms with E-state index in [1.165, 1.54) is 0 Å². The fourth-order valence-electron chi connectivity index (χ4n) is 1.50. The SMILES string of the molecule is CC(C)(C)CCNS(=O)(=O)c1c(N)cc(Br)cc1Br. The Kier molecular flexibility index (Phi) is 5.45. The predicted molar refractivity (Wildman–Crippen MR) is 85.5 cm³/mol. The van der Waals surface area contributed by atoms with E-state index >= 15 is 0 Å². The average molecular weight is 414 g/mol. The standard InChI is InChI=1S/C12H18Br2N2O2S/c1-12(2,3)4-5-16-19(17,18)11-9(14)6-8(13)7-10(11)15/h6-7,16H,4-5,15H2,1-3H3. The summed E-state index contributed by atoms with van der Waals surface area (Å²) in [5.41, 5.74) is 6.07. The number of sulfonamides is 1. The first-order valence-electron chi connectivity index (χ1n) is 5.77. The zero-order valence-electron chi connectivity index (χ0n) is 11.1. The molecule has 0 aliphatic heterocycles. The number of halogens is 2. The third-order valence-electron chi connectivity index (χ3n) is 2.47. The first-order chi connectivity index (χ1) is 8.53. The highest BCUT2D eigenvalue weighted by molar-refractivity contribution is 9.11. The molecule has 1 rings (SSSR count). The molecule has 0 amide bonds. The van der Waals surface area contributed by atoms with Crippen LogP contribution in [0.5, 0.6) is 0 Å². The van der Waals surface area contributed by atoms with E-state index in [0.29, 0.717) is 11.0 Å². The molecule has 0 aliphatic rings. The van der Waals surface area contributed by atoms with E-state index in [-0.39, 0.29) is 16.0 Å². The summed E-state index contributed by atoms with van der Waals surface area (Å²) in [5.74, 6) is 0. The van der Waals surface area contributed by atoms with Crippen molar-refractivity contribution in [2.24, 2.45) is 5.41 Å². The Morgan fingerprint density at radius 3 is 2.32 bits per heavy atom. The van der Waals surface area contributed by atoms with Gasteiger partial charge >= 0.3 is 0 Å². The van der Waals surface area contributed by atoms with Crippen LogP contribution < -0.4 is 10.5 Å². The normalized spacial score (nSPS) is 12.7. The van der Waals surface area contributed by atoms with E-state index in [1.807, 2.05) is 0 Å². The summed E-state index contributed by atoms with van der Waals surface area (Å²) in [6, 6.07) is 3.23. The number of hydrogen-bond acceptors (Lipinski definition) is 3.